The van der Waals surface area contributed by atoms with Crippen molar-refractivity contribution >= 4 is 6.21 Å². The van der Waals surface area contributed by atoms with Crippen LogP contribution in [0.1, 0.15) is 26.3 Å². The summed E-state index contributed by atoms with van der Waals surface area (Å²) in [5.74, 6) is -5.10. The molecule has 2 aromatic rings. The van der Waals surface area contributed by atoms with Crippen molar-refractivity contribution < 1.29 is 37.3 Å². The first-order valence-electron chi connectivity index (χ1n) is 9.96. The van der Waals surface area contributed by atoms with Crippen molar-refractivity contribution in [2.75, 3.05) is 13.7 Å². The number of hydrogen-bond donors (Lipinski definition) is 1. The van der Waals surface area contributed by atoms with Crippen LogP contribution in [0, 0.1) is 17.5 Å². The monoisotopic (exact) mass is 456 g/mol. The number of methoxy groups -OCH3 is 1. The highest BCUT2D eigenvalue weighted by molar-refractivity contribution is 5.58. The summed E-state index contributed by atoms with van der Waals surface area (Å²) in [5, 5.41) is 20.0. The van der Waals surface area contributed by atoms with Crippen molar-refractivity contribution in [2.45, 2.75) is 56.5 Å². The molecule has 174 valence electrons. The Hall–Kier alpha value is -2.54. The molecule has 1 aromatic heterocycles. The molecule has 4 rings (SSSR count). The van der Waals surface area contributed by atoms with E-state index in [0.29, 0.717) is 0 Å². The molecule has 0 unspecified atom stereocenters. The number of hydrogen-bond acceptors (Lipinski definition) is 8. The van der Waals surface area contributed by atoms with Gasteiger partial charge in [0.15, 0.2) is 23.2 Å². The van der Waals surface area contributed by atoms with Gasteiger partial charge in [0.25, 0.3) is 0 Å². The van der Waals surface area contributed by atoms with E-state index in [9.17, 15) is 13.2 Å². The largest absolute Gasteiger partial charge is 0.411 e. The lowest BCUT2D eigenvalue weighted by Crippen LogP contribution is -2.62. The number of rotatable bonds is 5. The quantitative estimate of drug-likeness (QED) is 0.320. The fourth-order valence-corrected chi connectivity index (χ4v) is 4.12. The molecule has 1 aromatic carbocycles. The third-order valence-electron chi connectivity index (χ3n) is 5.56. The minimum atomic E-state index is -1.56. The van der Waals surface area contributed by atoms with Crippen LogP contribution >= 0.6 is 0 Å². The van der Waals surface area contributed by atoms with Crippen LogP contribution in [0.3, 0.4) is 0 Å². The third kappa shape index (κ3) is 4.22. The highest BCUT2D eigenvalue weighted by atomic mass is 19.2. The van der Waals surface area contributed by atoms with E-state index in [-0.39, 0.29) is 24.3 Å². The van der Waals surface area contributed by atoms with Crippen LogP contribution in [0.25, 0.3) is 11.3 Å². The Kier molecular flexibility index (Phi) is 6.21. The van der Waals surface area contributed by atoms with E-state index < -0.39 is 53.7 Å². The molecule has 0 amide bonds. The van der Waals surface area contributed by atoms with Gasteiger partial charge in [-0.2, -0.15) is 0 Å². The predicted molar refractivity (Wildman–Crippen MR) is 104 cm³/mol. The summed E-state index contributed by atoms with van der Waals surface area (Å²) < 4.78 is 65.9. The number of fused-ring (bicyclic) bond motifs is 1. The van der Waals surface area contributed by atoms with Crippen LogP contribution in [0.2, 0.25) is 0 Å². The number of aromatic nitrogens is 3. The molecule has 2 fully saturated rings. The van der Waals surface area contributed by atoms with E-state index >= 15 is 0 Å². The van der Waals surface area contributed by atoms with Gasteiger partial charge >= 0.3 is 0 Å². The fraction of sp³-hybridized carbons (Fsp3) is 0.550. The summed E-state index contributed by atoms with van der Waals surface area (Å²) in [6.07, 6.45) is 0.859. The van der Waals surface area contributed by atoms with E-state index in [2.05, 4.69) is 15.5 Å². The summed E-state index contributed by atoms with van der Waals surface area (Å²) in [6.45, 7) is 3.78. The second kappa shape index (κ2) is 8.77. The zero-order chi connectivity index (χ0) is 23.0. The maximum Gasteiger partial charge on any atom is 0.194 e. The van der Waals surface area contributed by atoms with Gasteiger partial charge in [0.05, 0.1) is 18.9 Å². The van der Waals surface area contributed by atoms with Crippen LogP contribution in [0.5, 0.6) is 0 Å². The first-order chi connectivity index (χ1) is 15.2. The Morgan fingerprint density at radius 1 is 1.31 bits per heavy atom. The minimum absolute atomic E-state index is 0.0300. The van der Waals surface area contributed by atoms with Gasteiger partial charge in [0.2, 0.25) is 0 Å². The Morgan fingerprint density at radius 2 is 2.03 bits per heavy atom. The van der Waals surface area contributed by atoms with Crippen molar-refractivity contribution in [3.8, 4) is 11.3 Å². The van der Waals surface area contributed by atoms with Crippen molar-refractivity contribution in [3.05, 3.63) is 35.8 Å². The normalized spacial score (nSPS) is 29.9. The van der Waals surface area contributed by atoms with E-state index in [1.165, 1.54) is 24.2 Å². The van der Waals surface area contributed by atoms with Crippen molar-refractivity contribution in [1.29, 1.82) is 0 Å². The lowest BCUT2D eigenvalue weighted by atomic mass is 9.90. The Balaban J connectivity index is 1.72. The highest BCUT2D eigenvalue weighted by Crippen LogP contribution is 2.40. The number of ether oxygens (including phenoxy) is 4. The average molecular weight is 456 g/mol. The van der Waals surface area contributed by atoms with Gasteiger partial charge in [-0.3, -0.25) is 0 Å². The summed E-state index contributed by atoms with van der Waals surface area (Å²) >= 11 is 0. The van der Waals surface area contributed by atoms with Crippen LogP contribution in [0.4, 0.5) is 13.2 Å². The molecule has 2 saturated heterocycles. The topological polar surface area (TPSA) is 100 Å². The van der Waals surface area contributed by atoms with Gasteiger partial charge in [-0.25, -0.2) is 17.9 Å². The molecule has 2 aliphatic heterocycles. The van der Waals surface area contributed by atoms with Crippen molar-refractivity contribution in [1.82, 2.24) is 15.0 Å². The third-order valence-corrected chi connectivity index (χ3v) is 5.56. The zero-order valence-electron chi connectivity index (χ0n) is 17.6. The summed E-state index contributed by atoms with van der Waals surface area (Å²) in [5.41, 5.74) is 0.169. The van der Waals surface area contributed by atoms with E-state index in [1.807, 2.05) is 0 Å². The molecule has 5 atom stereocenters. The molecule has 0 spiro atoms. The van der Waals surface area contributed by atoms with Crippen LogP contribution in [-0.4, -0.2) is 70.3 Å². The molecule has 0 aliphatic carbocycles. The van der Waals surface area contributed by atoms with Crippen LogP contribution in [0.15, 0.2) is 23.5 Å². The van der Waals surface area contributed by atoms with Crippen molar-refractivity contribution in [3.63, 3.8) is 0 Å². The molecule has 1 N–H and O–H groups in total. The Labute approximate surface area is 181 Å². The standard InChI is InChI=1S/C20H23F3N4O5/c1-20(2)30-9-15-19(32-20)17(18(29-3)14(31-15)4-5-24-28)27-8-13(25-26-27)10-6-11(21)16(23)12(22)7-10/h5-8,14-15,17-19,28H,4,9H2,1-3H3/b24-5-/t14-,15-,17-,18+,19+/m1/s1. The molecule has 12 heteroatoms. The van der Waals surface area contributed by atoms with Gasteiger partial charge in [0, 0.05) is 25.3 Å². The van der Waals surface area contributed by atoms with E-state index in [0.717, 1.165) is 12.1 Å². The van der Waals surface area contributed by atoms with Gasteiger partial charge < -0.3 is 24.2 Å². The molecule has 0 radical (unpaired) electrons. The summed E-state index contributed by atoms with van der Waals surface area (Å²) in [7, 11) is 1.50. The second-order valence-electron chi connectivity index (χ2n) is 8.07. The molecule has 0 bridgehead atoms. The van der Waals surface area contributed by atoms with Crippen LogP contribution in [-0.2, 0) is 18.9 Å². The molecule has 32 heavy (non-hydrogen) atoms. The molecular weight excluding hydrogens is 433 g/mol. The molecule has 2 aliphatic rings. The van der Waals surface area contributed by atoms with Gasteiger partial charge in [-0.1, -0.05) is 5.21 Å². The Bertz CT molecular complexity index is 978. The molecule has 0 saturated carbocycles. The van der Waals surface area contributed by atoms with Gasteiger partial charge in [-0.15, -0.1) is 10.3 Å². The maximum atomic E-state index is 13.7. The number of benzene rings is 1. The Morgan fingerprint density at radius 3 is 2.69 bits per heavy atom. The molecule has 3 heterocycles. The second-order valence-corrected chi connectivity index (χ2v) is 8.07. The maximum absolute atomic E-state index is 13.7. The van der Waals surface area contributed by atoms with Gasteiger partial charge in [0.1, 0.15) is 30.0 Å². The number of oxime groups is 1. The number of halogens is 3. The fourth-order valence-electron chi connectivity index (χ4n) is 4.12. The highest BCUT2D eigenvalue weighted by Gasteiger charge is 2.52. The first-order valence-corrected chi connectivity index (χ1v) is 9.96. The minimum Gasteiger partial charge on any atom is -0.411 e. The summed E-state index contributed by atoms with van der Waals surface area (Å²) in [6, 6.07) is 1.14. The zero-order valence-corrected chi connectivity index (χ0v) is 17.6. The summed E-state index contributed by atoms with van der Waals surface area (Å²) in [4.78, 5) is 0. The molecular formula is C20H23F3N4O5. The lowest BCUT2D eigenvalue weighted by molar-refractivity contribution is -0.349. The predicted octanol–water partition coefficient (Wildman–Crippen LogP) is 2.69. The van der Waals surface area contributed by atoms with E-state index in [4.69, 9.17) is 24.2 Å². The average Bonchev–Trinajstić information content (AvgIpc) is 3.24. The first kappa shape index (κ1) is 22.6. The number of nitrogens with zero attached hydrogens (tertiary/aromatic N) is 4. The van der Waals surface area contributed by atoms with E-state index in [1.54, 1.807) is 13.8 Å². The molecule has 9 nitrogen and oxygen atoms in total. The van der Waals surface area contributed by atoms with Gasteiger partial charge in [-0.05, 0) is 26.0 Å². The van der Waals surface area contributed by atoms with Crippen molar-refractivity contribution in [2.24, 2.45) is 5.16 Å². The van der Waals surface area contributed by atoms with Crippen LogP contribution < -0.4 is 0 Å². The SMILES string of the molecule is CO[C@@H]1[C@@H](n2cc(-c3cc(F)c(F)c(F)c3)nn2)[C@H]2OC(C)(C)OC[C@H]2O[C@@H]1C/C=N\O. The smallest absolute Gasteiger partial charge is 0.194 e. The lowest BCUT2D eigenvalue weighted by Gasteiger charge is -2.50.